The molecule has 2 rings (SSSR count). The van der Waals surface area contributed by atoms with E-state index in [2.05, 4.69) is 11.7 Å². The molecule has 0 aliphatic carbocycles. The van der Waals surface area contributed by atoms with Gasteiger partial charge in [0.1, 0.15) is 16.5 Å². The van der Waals surface area contributed by atoms with E-state index in [1.54, 1.807) is 35.2 Å². The van der Waals surface area contributed by atoms with E-state index in [1.165, 1.54) is 0 Å². The normalized spacial score (nSPS) is 15.4. The lowest BCUT2D eigenvalue weighted by atomic mass is 10.3. The highest BCUT2D eigenvalue weighted by molar-refractivity contribution is 6.31. The number of phenols is 1. The van der Waals surface area contributed by atoms with Gasteiger partial charge < -0.3 is 5.11 Å². The van der Waals surface area contributed by atoms with E-state index in [1.807, 2.05) is 0 Å². The molecule has 1 aromatic rings. The summed E-state index contributed by atoms with van der Waals surface area (Å²) in [5, 5.41) is 13.7. The number of nitrogens with zero attached hydrogens (tertiary/aromatic N) is 2. The number of rotatable bonds is 1. The summed E-state index contributed by atoms with van der Waals surface area (Å²) in [6.07, 6.45) is 1.68. The average molecular weight is 208 g/mol. The topological polar surface area (TPSA) is 35.6 Å². The molecule has 0 spiro atoms. The number of benzene rings is 1. The Morgan fingerprint density at radius 3 is 2.43 bits per heavy atom. The van der Waals surface area contributed by atoms with Crippen molar-refractivity contribution in [3.8, 4) is 5.75 Å². The molecule has 0 atom stereocenters. The van der Waals surface area contributed by atoms with Crippen LogP contribution in [0, 0.1) is 0 Å². The number of halogens is 1. The highest BCUT2D eigenvalue weighted by atomic mass is 35.5. The number of allylic oxidation sites excluding steroid dienone is 1. The maximum Gasteiger partial charge on any atom is 0.238 e. The predicted molar refractivity (Wildman–Crippen MR) is 53.5 cm³/mol. The van der Waals surface area contributed by atoms with Gasteiger partial charge >= 0.3 is 0 Å². The molecule has 0 unspecified atom stereocenters. The van der Waals surface area contributed by atoms with Crippen LogP contribution in [0.5, 0.6) is 5.75 Å². The molecule has 0 fully saturated rings. The zero-order valence-electron chi connectivity index (χ0n) is 7.31. The first kappa shape index (κ1) is 8.97. The Morgan fingerprint density at radius 2 is 1.93 bits per heavy atom. The molecule has 0 saturated carbocycles. The second kappa shape index (κ2) is 3.27. The Morgan fingerprint density at radius 1 is 1.29 bits per heavy atom. The van der Waals surface area contributed by atoms with Crippen molar-refractivity contribution >= 4 is 17.3 Å². The van der Waals surface area contributed by atoms with Gasteiger partial charge in [0.05, 0.1) is 0 Å². The second-order valence-electron chi connectivity index (χ2n) is 2.88. The SMILES string of the molecule is C=C1N=[N+](c2ccc(O)cc2)C=C1Cl. The van der Waals surface area contributed by atoms with Crippen LogP contribution < -0.4 is 0 Å². The molecule has 1 heterocycles. The molecular weight excluding hydrogens is 200 g/mol. The van der Waals surface area contributed by atoms with Crippen molar-refractivity contribution in [2.75, 3.05) is 0 Å². The Labute approximate surface area is 86.3 Å². The van der Waals surface area contributed by atoms with Gasteiger partial charge in [-0.05, 0) is 12.1 Å². The fourth-order valence-corrected chi connectivity index (χ4v) is 1.26. The summed E-state index contributed by atoms with van der Waals surface area (Å²) in [5.41, 5.74) is 1.37. The molecule has 14 heavy (non-hydrogen) atoms. The Balaban J connectivity index is 2.39. The van der Waals surface area contributed by atoms with E-state index in [4.69, 9.17) is 16.7 Å². The molecule has 0 aromatic heterocycles. The number of hydrogen-bond acceptors (Lipinski definition) is 2. The van der Waals surface area contributed by atoms with E-state index in [-0.39, 0.29) is 5.75 Å². The summed E-state index contributed by atoms with van der Waals surface area (Å²) in [6.45, 7) is 3.67. The lowest BCUT2D eigenvalue weighted by Crippen LogP contribution is -1.87. The first-order chi connectivity index (χ1) is 6.66. The highest BCUT2D eigenvalue weighted by Crippen LogP contribution is 2.27. The fraction of sp³-hybridized carbons (Fsp3) is 0. The lowest BCUT2D eigenvalue weighted by molar-refractivity contribution is -0.431. The summed E-state index contributed by atoms with van der Waals surface area (Å²) < 4.78 is 1.62. The third-order valence-corrected chi connectivity index (χ3v) is 2.17. The van der Waals surface area contributed by atoms with Crippen molar-refractivity contribution in [2.24, 2.45) is 5.11 Å². The monoisotopic (exact) mass is 207 g/mol. The van der Waals surface area contributed by atoms with Crippen LogP contribution >= 0.6 is 11.6 Å². The van der Waals surface area contributed by atoms with Crippen LogP contribution in [0.25, 0.3) is 0 Å². The van der Waals surface area contributed by atoms with Crippen LogP contribution in [-0.2, 0) is 0 Å². The highest BCUT2D eigenvalue weighted by Gasteiger charge is 2.20. The molecule has 4 heteroatoms. The quantitative estimate of drug-likeness (QED) is 0.706. The second-order valence-corrected chi connectivity index (χ2v) is 3.29. The summed E-state index contributed by atoms with van der Waals surface area (Å²) in [4.78, 5) is 0. The van der Waals surface area contributed by atoms with Crippen LogP contribution in [0.4, 0.5) is 5.69 Å². The Bertz CT molecular complexity index is 446. The minimum absolute atomic E-state index is 0.224. The first-order valence-electron chi connectivity index (χ1n) is 4.03. The van der Waals surface area contributed by atoms with E-state index in [0.29, 0.717) is 10.7 Å². The van der Waals surface area contributed by atoms with E-state index in [0.717, 1.165) is 5.69 Å². The lowest BCUT2D eigenvalue weighted by Gasteiger charge is -1.90. The van der Waals surface area contributed by atoms with Crippen LogP contribution in [0.3, 0.4) is 0 Å². The van der Waals surface area contributed by atoms with Crippen LogP contribution in [0.15, 0.2) is 52.9 Å². The van der Waals surface area contributed by atoms with E-state index < -0.39 is 0 Å². The molecule has 1 aromatic carbocycles. The standard InChI is InChI=1S/C10H7ClN2O/c1-7-10(11)6-13(12-7)8-2-4-9(14)5-3-8/h2-6H,1H2/p+1. The predicted octanol–water partition coefficient (Wildman–Crippen LogP) is 3.10. The van der Waals surface area contributed by atoms with Crippen LogP contribution in [0.2, 0.25) is 0 Å². The molecule has 1 aliphatic heterocycles. The van der Waals surface area contributed by atoms with Gasteiger partial charge in [-0.15, -0.1) is 0 Å². The maximum absolute atomic E-state index is 9.10. The molecule has 1 N–H and O–H groups in total. The van der Waals surface area contributed by atoms with Crippen LogP contribution in [-0.4, -0.2) is 9.80 Å². The first-order valence-corrected chi connectivity index (χ1v) is 4.41. The van der Waals surface area contributed by atoms with Gasteiger partial charge in [-0.1, -0.05) is 22.9 Å². The average Bonchev–Trinajstić information content (AvgIpc) is 2.48. The molecule has 0 bridgehead atoms. The van der Waals surface area contributed by atoms with Gasteiger partial charge in [-0.2, -0.15) is 0 Å². The summed E-state index contributed by atoms with van der Waals surface area (Å²) in [7, 11) is 0. The molecule has 0 radical (unpaired) electrons. The molecular formula is C10H8ClN2O+. The molecule has 0 amide bonds. The van der Waals surface area contributed by atoms with Crippen molar-refractivity contribution in [3.05, 3.63) is 47.8 Å². The molecule has 70 valence electrons. The van der Waals surface area contributed by atoms with Gasteiger partial charge in [0.25, 0.3) is 0 Å². The number of phenolic OH excluding ortho intramolecular Hbond substituents is 1. The zero-order chi connectivity index (χ0) is 10.1. The summed E-state index contributed by atoms with van der Waals surface area (Å²) in [5.74, 6) is 0.224. The van der Waals surface area contributed by atoms with E-state index in [9.17, 15) is 0 Å². The molecule has 0 saturated heterocycles. The van der Waals surface area contributed by atoms with Gasteiger partial charge in [0.2, 0.25) is 11.9 Å². The van der Waals surface area contributed by atoms with Crippen molar-refractivity contribution in [1.29, 1.82) is 0 Å². The van der Waals surface area contributed by atoms with Crippen LogP contribution in [0.1, 0.15) is 0 Å². The minimum Gasteiger partial charge on any atom is -0.508 e. The third-order valence-electron chi connectivity index (χ3n) is 1.85. The minimum atomic E-state index is 0.224. The van der Waals surface area contributed by atoms with Gasteiger partial charge in [0.15, 0.2) is 0 Å². The fourth-order valence-electron chi connectivity index (χ4n) is 1.13. The largest absolute Gasteiger partial charge is 0.508 e. The number of aromatic hydroxyl groups is 1. The van der Waals surface area contributed by atoms with Gasteiger partial charge in [-0.25, -0.2) is 0 Å². The van der Waals surface area contributed by atoms with Crippen molar-refractivity contribution in [3.63, 3.8) is 0 Å². The van der Waals surface area contributed by atoms with Crippen molar-refractivity contribution < 1.29 is 9.80 Å². The number of azo groups is 2. The molecule has 3 nitrogen and oxygen atoms in total. The Kier molecular flexibility index (Phi) is 2.09. The third kappa shape index (κ3) is 1.54. The maximum atomic E-state index is 9.10. The number of hydrogen-bond donors (Lipinski definition) is 1. The summed E-state index contributed by atoms with van der Waals surface area (Å²) >= 11 is 5.82. The van der Waals surface area contributed by atoms with E-state index >= 15 is 0 Å². The smallest absolute Gasteiger partial charge is 0.238 e. The Hall–Kier alpha value is -1.61. The van der Waals surface area contributed by atoms with Crippen molar-refractivity contribution in [1.82, 2.24) is 0 Å². The van der Waals surface area contributed by atoms with Crippen molar-refractivity contribution in [2.45, 2.75) is 0 Å². The zero-order valence-corrected chi connectivity index (χ0v) is 8.07. The molecule has 1 aliphatic rings. The van der Waals surface area contributed by atoms with Gasteiger partial charge in [0, 0.05) is 17.2 Å². The van der Waals surface area contributed by atoms with Gasteiger partial charge in [-0.3, -0.25) is 0 Å². The summed E-state index contributed by atoms with van der Waals surface area (Å²) in [6, 6.07) is 6.68.